The zero-order chi connectivity index (χ0) is 11.7. The van der Waals surface area contributed by atoms with Crippen molar-refractivity contribution < 1.29 is 8.94 Å². The molecule has 0 aliphatic carbocycles. The Hall–Kier alpha value is -1.95. The molecule has 0 atom stereocenters. The van der Waals surface area contributed by atoms with Gasteiger partial charge in [0.25, 0.3) is 5.89 Å². The van der Waals surface area contributed by atoms with Crippen molar-refractivity contribution in [3.63, 3.8) is 0 Å². The van der Waals surface area contributed by atoms with Crippen LogP contribution < -0.4 is 0 Å². The molecule has 5 nitrogen and oxygen atoms in total. The fourth-order valence-electron chi connectivity index (χ4n) is 1.37. The Balaban J connectivity index is 2.02. The minimum Gasteiger partial charge on any atom is -0.458 e. The third-order valence-electron chi connectivity index (χ3n) is 2.16. The average molecular weight is 292 g/mol. The lowest BCUT2D eigenvalue weighted by atomic mass is 10.3. The van der Waals surface area contributed by atoms with Gasteiger partial charge in [0.2, 0.25) is 11.6 Å². The molecule has 0 radical (unpaired) electrons. The SMILES string of the molecule is Brc1ccoc1-c1nc(-c2cccnc2)no1. The minimum atomic E-state index is 0.334. The van der Waals surface area contributed by atoms with Crippen molar-refractivity contribution in [3.05, 3.63) is 41.3 Å². The zero-order valence-corrected chi connectivity index (χ0v) is 10.1. The normalized spacial score (nSPS) is 10.6. The molecular formula is C11H6BrN3O2. The van der Waals surface area contributed by atoms with Crippen molar-refractivity contribution in [2.75, 3.05) is 0 Å². The van der Waals surface area contributed by atoms with Crippen LogP contribution in [-0.2, 0) is 0 Å². The quantitative estimate of drug-likeness (QED) is 0.726. The molecule has 0 amide bonds. The molecular weight excluding hydrogens is 286 g/mol. The monoisotopic (exact) mass is 291 g/mol. The summed E-state index contributed by atoms with van der Waals surface area (Å²) < 4.78 is 11.1. The van der Waals surface area contributed by atoms with Gasteiger partial charge in [-0.3, -0.25) is 4.98 Å². The summed E-state index contributed by atoms with van der Waals surface area (Å²) in [7, 11) is 0. The van der Waals surface area contributed by atoms with Crippen molar-refractivity contribution in [2.45, 2.75) is 0 Å². The van der Waals surface area contributed by atoms with E-state index in [9.17, 15) is 0 Å². The topological polar surface area (TPSA) is 65.0 Å². The third-order valence-corrected chi connectivity index (χ3v) is 2.78. The number of hydrogen-bond acceptors (Lipinski definition) is 5. The summed E-state index contributed by atoms with van der Waals surface area (Å²) in [6, 6.07) is 5.44. The van der Waals surface area contributed by atoms with E-state index in [1.165, 1.54) is 0 Å². The van der Waals surface area contributed by atoms with Crippen LogP contribution in [0.3, 0.4) is 0 Å². The molecule has 3 heterocycles. The minimum absolute atomic E-state index is 0.334. The third kappa shape index (κ3) is 1.87. The van der Waals surface area contributed by atoms with Crippen LogP contribution in [0.2, 0.25) is 0 Å². The highest BCUT2D eigenvalue weighted by molar-refractivity contribution is 9.10. The van der Waals surface area contributed by atoms with Gasteiger partial charge in [0.1, 0.15) is 0 Å². The van der Waals surface area contributed by atoms with E-state index in [0.29, 0.717) is 17.5 Å². The Morgan fingerprint density at radius 2 is 2.18 bits per heavy atom. The van der Waals surface area contributed by atoms with E-state index in [-0.39, 0.29) is 0 Å². The van der Waals surface area contributed by atoms with Crippen molar-refractivity contribution in [1.82, 2.24) is 15.1 Å². The first-order valence-electron chi connectivity index (χ1n) is 4.82. The fraction of sp³-hybridized carbons (Fsp3) is 0. The van der Waals surface area contributed by atoms with Gasteiger partial charge in [0.15, 0.2) is 0 Å². The van der Waals surface area contributed by atoms with Crippen LogP contribution in [0.4, 0.5) is 0 Å². The second-order valence-electron chi connectivity index (χ2n) is 3.26. The summed E-state index contributed by atoms with van der Waals surface area (Å²) >= 11 is 3.33. The van der Waals surface area contributed by atoms with E-state index in [1.54, 1.807) is 24.7 Å². The zero-order valence-electron chi connectivity index (χ0n) is 8.50. The number of nitrogens with zero attached hydrogens (tertiary/aromatic N) is 3. The first kappa shape index (κ1) is 10.2. The number of rotatable bonds is 2. The Kier molecular flexibility index (Phi) is 2.49. The average Bonchev–Trinajstić information content (AvgIpc) is 2.98. The highest BCUT2D eigenvalue weighted by Gasteiger charge is 2.15. The molecule has 0 fully saturated rings. The highest BCUT2D eigenvalue weighted by Crippen LogP contribution is 2.29. The number of hydrogen-bond donors (Lipinski definition) is 0. The summed E-state index contributed by atoms with van der Waals surface area (Å²) in [5, 5.41) is 3.88. The van der Waals surface area contributed by atoms with Crippen LogP contribution in [0.25, 0.3) is 23.0 Å². The smallest absolute Gasteiger partial charge is 0.295 e. The molecule has 6 heteroatoms. The van der Waals surface area contributed by atoms with Crippen molar-refractivity contribution >= 4 is 15.9 Å². The summed E-state index contributed by atoms with van der Waals surface area (Å²) in [5.74, 6) is 1.34. The van der Waals surface area contributed by atoms with Crippen LogP contribution >= 0.6 is 15.9 Å². The summed E-state index contributed by atoms with van der Waals surface area (Å²) in [6.45, 7) is 0. The highest BCUT2D eigenvalue weighted by atomic mass is 79.9. The largest absolute Gasteiger partial charge is 0.458 e. The lowest BCUT2D eigenvalue weighted by Crippen LogP contribution is -1.81. The summed E-state index contributed by atoms with van der Waals surface area (Å²) in [6.07, 6.45) is 4.91. The fourth-order valence-corrected chi connectivity index (χ4v) is 1.75. The molecule has 0 aromatic carbocycles. The van der Waals surface area contributed by atoms with Gasteiger partial charge in [0, 0.05) is 18.0 Å². The maximum Gasteiger partial charge on any atom is 0.295 e. The maximum atomic E-state index is 5.24. The van der Waals surface area contributed by atoms with Gasteiger partial charge < -0.3 is 8.94 Å². The Morgan fingerprint density at radius 1 is 1.24 bits per heavy atom. The van der Waals surface area contributed by atoms with Crippen molar-refractivity contribution in [1.29, 1.82) is 0 Å². The molecule has 0 N–H and O–H groups in total. The summed E-state index contributed by atoms with van der Waals surface area (Å²) in [5.41, 5.74) is 0.796. The second kappa shape index (κ2) is 4.14. The molecule has 0 saturated heterocycles. The van der Waals surface area contributed by atoms with E-state index in [0.717, 1.165) is 10.0 Å². The van der Waals surface area contributed by atoms with Crippen LogP contribution in [-0.4, -0.2) is 15.1 Å². The van der Waals surface area contributed by atoms with Gasteiger partial charge in [-0.05, 0) is 34.1 Å². The molecule has 3 aromatic rings. The van der Waals surface area contributed by atoms with Gasteiger partial charge in [-0.1, -0.05) is 5.16 Å². The number of aromatic nitrogens is 3. The van der Waals surface area contributed by atoms with Crippen LogP contribution in [0, 0.1) is 0 Å². The first-order chi connectivity index (χ1) is 8.34. The standard InChI is InChI=1S/C11H6BrN3O2/c12-8-3-5-16-9(8)11-14-10(15-17-11)7-2-1-4-13-6-7/h1-6H. The lowest BCUT2D eigenvalue weighted by Gasteiger charge is -1.89. The van der Waals surface area contributed by atoms with Gasteiger partial charge in [0.05, 0.1) is 10.7 Å². The number of pyridine rings is 1. The molecule has 0 spiro atoms. The van der Waals surface area contributed by atoms with Crippen LogP contribution in [0.1, 0.15) is 0 Å². The van der Waals surface area contributed by atoms with E-state index in [4.69, 9.17) is 8.94 Å². The Labute approximate surface area is 105 Å². The van der Waals surface area contributed by atoms with E-state index in [1.807, 2.05) is 12.1 Å². The Morgan fingerprint density at radius 3 is 2.88 bits per heavy atom. The van der Waals surface area contributed by atoms with Crippen LogP contribution in [0.15, 0.2) is 50.3 Å². The van der Waals surface area contributed by atoms with E-state index >= 15 is 0 Å². The van der Waals surface area contributed by atoms with Gasteiger partial charge in [-0.25, -0.2) is 0 Å². The maximum absolute atomic E-state index is 5.24. The number of furan rings is 1. The van der Waals surface area contributed by atoms with Gasteiger partial charge in [-0.15, -0.1) is 0 Å². The number of halogens is 1. The van der Waals surface area contributed by atoms with E-state index in [2.05, 4.69) is 31.1 Å². The van der Waals surface area contributed by atoms with Gasteiger partial charge >= 0.3 is 0 Å². The molecule has 0 aliphatic rings. The predicted octanol–water partition coefficient (Wildman–Crippen LogP) is 3.15. The van der Waals surface area contributed by atoms with E-state index < -0.39 is 0 Å². The molecule has 84 valence electrons. The molecule has 0 saturated carbocycles. The predicted molar refractivity (Wildman–Crippen MR) is 62.9 cm³/mol. The molecule has 17 heavy (non-hydrogen) atoms. The summed E-state index contributed by atoms with van der Waals surface area (Å²) in [4.78, 5) is 8.24. The Bertz CT molecular complexity index is 633. The molecule has 0 unspecified atom stereocenters. The molecule has 0 aliphatic heterocycles. The van der Waals surface area contributed by atoms with Gasteiger partial charge in [-0.2, -0.15) is 4.98 Å². The molecule has 3 aromatic heterocycles. The molecule has 0 bridgehead atoms. The van der Waals surface area contributed by atoms with Crippen molar-refractivity contribution in [3.8, 4) is 23.0 Å². The first-order valence-corrected chi connectivity index (χ1v) is 5.61. The second-order valence-corrected chi connectivity index (χ2v) is 4.12. The lowest BCUT2D eigenvalue weighted by molar-refractivity contribution is 0.416. The molecule has 3 rings (SSSR count). The van der Waals surface area contributed by atoms with Crippen molar-refractivity contribution in [2.24, 2.45) is 0 Å². The van der Waals surface area contributed by atoms with Crippen LogP contribution in [0.5, 0.6) is 0 Å².